The summed E-state index contributed by atoms with van der Waals surface area (Å²) in [4.78, 5) is 63.4. The molecule has 3 aromatic rings. The molecule has 2 fully saturated rings. The SMILES string of the molecule is CC(=O)c1nn2c3c(cc(-c4cnc(C)nc4)cc13)CCCCCCC(=O)CC[C@@]13C[C@@H](C(=O)NCCOC(F)(F)F)N(C(=O)C2)[C@@H]1C3. The molecule has 0 unspecified atom stereocenters. The molecule has 1 saturated carbocycles. The standard InChI is InChI=1S/C34H39F3N6O5/c1-20(44)30-26-14-23(24-17-39-21(2)40-18-24)13-22-7-5-3-4-6-8-25(45)9-10-33-15-27(32(47)38-11-12-48-34(35,36)37)43(28(33)16-33)29(46)19-42(41-30)31(22)26/h13-14,17-18,27-28H,3-12,15-16,19H2,1-2H3,(H,38,47)/t27-,28+,33-/m0/s1. The average molecular weight is 669 g/mol. The summed E-state index contributed by atoms with van der Waals surface area (Å²) in [6.45, 7) is 1.85. The van der Waals surface area contributed by atoms with Gasteiger partial charge in [0.15, 0.2) is 5.78 Å². The van der Waals surface area contributed by atoms with Crippen LogP contribution in [0.2, 0.25) is 0 Å². The second-order valence-electron chi connectivity index (χ2n) is 13.3. The summed E-state index contributed by atoms with van der Waals surface area (Å²) < 4.78 is 42.8. The number of nitrogens with one attached hydrogen (secondary N) is 1. The van der Waals surface area contributed by atoms with Gasteiger partial charge >= 0.3 is 6.36 Å². The lowest BCUT2D eigenvalue weighted by atomic mass is 9.91. The molecule has 11 nitrogen and oxygen atoms in total. The first-order valence-corrected chi connectivity index (χ1v) is 16.5. The number of carbonyl (C=O) groups is 4. The van der Waals surface area contributed by atoms with E-state index in [0.29, 0.717) is 55.3 Å². The Kier molecular flexibility index (Phi) is 9.38. The van der Waals surface area contributed by atoms with Crippen molar-refractivity contribution in [1.29, 1.82) is 0 Å². The minimum Gasteiger partial charge on any atom is -0.352 e. The lowest BCUT2D eigenvalue weighted by Crippen LogP contribution is -2.49. The zero-order valence-electron chi connectivity index (χ0n) is 27.1. The highest BCUT2D eigenvalue weighted by molar-refractivity contribution is 6.07. The first-order valence-electron chi connectivity index (χ1n) is 16.5. The number of amides is 2. The highest BCUT2D eigenvalue weighted by Gasteiger charge is 2.66. The van der Waals surface area contributed by atoms with E-state index in [4.69, 9.17) is 0 Å². The minimum atomic E-state index is -4.82. The summed E-state index contributed by atoms with van der Waals surface area (Å²) in [5, 5.41) is 7.74. The van der Waals surface area contributed by atoms with Crippen molar-refractivity contribution in [2.24, 2.45) is 5.41 Å². The van der Waals surface area contributed by atoms with Crippen LogP contribution in [0.15, 0.2) is 24.5 Å². The van der Waals surface area contributed by atoms with Gasteiger partial charge in [0.1, 0.15) is 29.9 Å². The zero-order valence-corrected chi connectivity index (χ0v) is 27.1. The maximum Gasteiger partial charge on any atom is 0.522 e. The third kappa shape index (κ3) is 7.13. The molecular weight excluding hydrogens is 629 g/mol. The molecule has 0 spiro atoms. The van der Waals surface area contributed by atoms with E-state index in [1.54, 1.807) is 24.0 Å². The van der Waals surface area contributed by atoms with E-state index in [0.717, 1.165) is 42.4 Å². The van der Waals surface area contributed by atoms with Crippen LogP contribution in [-0.4, -0.2) is 79.6 Å². The summed E-state index contributed by atoms with van der Waals surface area (Å²) >= 11 is 0. The molecule has 2 aromatic heterocycles. The summed E-state index contributed by atoms with van der Waals surface area (Å²) in [5.74, 6) is -0.436. The molecule has 2 bridgehead atoms. The van der Waals surface area contributed by atoms with E-state index < -0.39 is 30.3 Å². The fraction of sp³-hybridized carbons (Fsp3) is 0.559. The van der Waals surface area contributed by atoms with Gasteiger partial charge in [0.25, 0.3) is 0 Å². The number of rotatable bonds is 6. The largest absolute Gasteiger partial charge is 0.522 e. The summed E-state index contributed by atoms with van der Waals surface area (Å²) in [6, 6.07) is 2.68. The molecule has 48 heavy (non-hydrogen) atoms. The van der Waals surface area contributed by atoms with Crippen molar-refractivity contribution in [3.05, 3.63) is 41.6 Å². The summed E-state index contributed by atoms with van der Waals surface area (Å²) in [6.07, 6.45) is 4.97. The number of ether oxygens (including phenoxy) is 1. The van der Waals surface area contributed by atoms with Crippen LogP contribution in [0.25, 0.3) is 22.0 Å². The normalized spacial score (nSPS) is 23.6. The van der Waals surface area contributed by atoms with E-state index in [-0.39, 0.29) is 42.3 Å². The smallest absolute Gasteiger partial charge is 0.352 e. The summed E-state index contributed by atoms with van der Waals surface area (Å²) in [7, 11) is 0. The highest BCUT2D eigenvalue weighted by atomic mass is 19.4. The van der Waals surface area contributed by atoms with Crippen molar-refractivity contribution in [1.82, 2.24) is 30.0 Å². The average Bonchev–Trinajstić information content (AvgIpc) is 3.44. The predicted octanol–water partition coefficient (Wildman–Crippen LogP) is 4.87. The van der Waals surface area contributed by atoms with Crippen molar-refractivity contribution in [2.45, 2.75) is 103 Å². The molecule has 6 rings (SSSR count). The molecule has 0 radical (unpaired) electrons. The Balaban J connectivity index is 1.36. The van der Waals surface area contributed by atoms with E-state index in [9.17, 15) is 32.3 Å². The van der Waals surface area contributed by atoms with Gasteiger partial charge in [-0.15, -0.1) is 13.2 Å². The van der Waals surface area contributed by atoms with E-state index in [2.05, 4.69) is 25.1 Å². The first kappa shape index (κ1) is 33.7. The van der Waals surface area contributed by atoms with Crippen molar-refractivity contribution in [3.8, 4) is 11.1 Å². The second kappa shape index (κ2) is 13.4. The molecule has 4 heterocycles. The number of benzene rings is 1. The topological polar surface area (TPSA) is 136 Å². The number of halogens is 3. The zero-order chi connectivity index (χ0) is 34.2. The van der Waals surface area contributed by atoms with Gasteiger partial charge in [-0.1, -0.05) is 12.8 Å². The van der Waals surface area contributed by atoms with Crippen LogP contribution in [0.3, 0.4) is 0 Å². The van der Waals surface area contributed by atoms with Crippen LogP contribution in [0.4, 0.5) is 13.2 Å². The van der Waals surface area contributed by atoms with E-state index in [1.165, 1.54) is 11.8 Å². The van der Waals surface area contributed by atoms with Crippen LogP contribution in [0, 0.1) is 12.3 Å². The van der Waals surface area contributed by atoms with Crippen LogP contribution in [-0.2, 0) is 32.1 Å². The Bertz CT molecular complexity index is 1740. The Morgan fingerprint density at radius 3 is 2.46 bits per heavy atom. The minimum absolute atomic E-state index is 0.154. The lowest BCUT2D eigenvalue weighted by Gasteiger charge is -2.27. The van der Waals surface area contributed by atoms with Gasteiger partial charge in [0.05, 0.1) is 12.1 Å². The Hall–Kier alpha value is -4.20. The molecule has 256 valence electrons. The molecule has 1 aliphatic carbocycles. The van der Waals surface area contributed by atoms with Gasteiger partial charge in [-0.2, -0.15) is 5.10 Å². The van der Waals surface area contributed by atoms with Crippen LogP contribution in [0.5, 0.6) is 0 Å². The Morgan fingerprint density at radius 1 is 1.02 bits per heavy atom. The van der Waals surface area contributed by atoms with E-state index in [1.807, 2.05) is 12.1 Å². The maximum absolute atomic E-state index is 14.2. The number of aromatic nitrogens is 4. The first-order chi connectivity index (χ1) is 22.8. The van der Waals surface area contributed by atoms with Gasteiger partial charge in [-0.05, 0) is 74.1 Å². The van der Waals surface area contributed by atoms with Crippen LogP contribution in [0.1, 0.15) is 86.6 Å². The number of carbonyl (C=O) groups excluding carboxylic acids is 4. The number of aryl methyl sites for hydroxylation is 2. The molecular formula is C34H39F3N6O5. The van der Waals surface area contributed by atoms with Gasteiger partial charge in [-0.3, -0.25) is 28.6 Å². The molecule has 2 amide bonds. The van der Waals surface area contributed by atoms with Crippen molar-refractivity contribution < 1.29 is 37.1 Å². The number of Topliss-reactive ketones (excluding diaryl/α,β-unsaturated/α-hetero) is 2. The molecule has 14 heteroatoms. The van der Waals surface area contributed by atoms with Gasteiger partial charge in [0.2, 0.25) is 11.8 Å². The molecule has 3 atom stereocenters. The summed E-state index contributed by atoms with van der Waals surface area (Å²) in [5.41, 5.74) is 2.97. The quantitative estimate of drug-likeness (QED) is 0.290. The van der Waals surface area contributed by atoms with Crippen molar-refractivity contribution >= 4 is 34.3 Å². The maximum atomic E-state index is 14.2. The van der Waals surface area contributed by atoms with Crippen LogP contribution < -0.4 is 5.32 Å². The highest BCUT2D eigenvalue weighted by Crippen LogP contribution is 2.62. The number of ketones is 2. The van der Waals surface area contributed by atoms with Gasteiger partial charge in [-0.25, -0.2) is 9.97 Å². The fourth-order valence-electron chi connectivity index (χ4n) is 7.43. The monoisotopic (exact) mass is 668 g/mol. The van der Waals surface area contributed by atoms with Crippen molar-refractivity contribution in [3.63, 3.8) is 0 Å². The third-order valence-electron chi connectivity index (χ3n) is 9.88. The predicted molar refractivity (Wildman–Crippen MR) is 168 cm³/mol. The number of alkyl halides is 3. The van der Waals surface area contributed by atoms with Gasteiger partial charge in [0, 0.05) is 55.7 Å². The molecule has 1 saturated heterocycles. The van der Waals surface area contributed by atoms with E-state index >= 15 is 0 Å². The Labute approximate surface area is 275 Å². The number of piperidine rings is 1. The number of nitrogens with zero attached hydrogens (tertiary/aromatic N) is 5. The molecule has 1 N–H and O–H groups in total. The molecule has 3 aliphatic rings. The number of hydrogen-bond acceptors (Lipinski definition) is 8. The van der Waals surface area contributed by atoms with Gasteiger partial charge < -0.3 is 10.2 Å². The Morgan fingerprint density at radius 2 is 1.75 bits per heavy atom. The third-order valence-corrected chi connectivity index (χ3v) is 9.88. The second-order valence-corrected chi connectivity index (χ2v) is 13.3. The van der Waals surface area contributed by atoms with Crippen LogP contribution >= 0.6 is 0 Å². The van der Waals surface area contributed by atoms with Crippen molar-refractivity contribution in [2.75, 3.05) is 13.2 Å². The lowest BCUT2D eigenvalue weighted by molar-refractivity contribution is -0.323. The fourth-order valence-corrected chi connectivity index (χ4v) is 7.43. The molecule has 1 aromatic carbocycles. The molecule has 2 aliphatic heterocycles. The number of hydrogen-bond donors (Lipinski definition) is 1.